The minimum absolute atomic E-state index is 0.137. The van der Waals surface area contributed by atoms with Crippen LogP contribution in [0, 0.1) is 0 Å². The average Bonchev–Trinajstić information content (AvgIpc) is 2.31. The Morgan fingerprint density at radius 1 is 1.26 bits per heavy atom. The maximum Gasteiger partial charge on any atom is 0.308 e. The summed E-state index contributed by atoms with van der Waals surface area (Å²) in [5, 5.41) is 1.05. The van der Waals surface area contributed by atoms with Gasteiger partial charge < -0.3 is 10.5 Å². The molecule has 0 saturated carbocycles. The van der Waals surface area contributed by atoms with Gasteiger partial charge in [0.15, 0.2) is 5.75 Å². The summed E-state index contributed by atoms with van der Waals surface area (Å²) in [5.41, 5.74) is 5.96. The summed E-state index contributed by atoms with van der Waals surface area (Å²) in [6.07, 6.45) is 0. The minimum Gasteiger partial charge on any atom is -0.424 e. The second-order valence-corrected chi connectivity index (χ2v) is 5.35. The zero-order chi connectivity index (χ0) is 14.2. The van der Waals surface area contributed by atoms with Crippen molar-refractivity contribution in [3.63, 3.8) is 0 Å². The summed E-state index contributed by atoms with van der Waals surface area (Å²) >= 11 is 0. The van der Waals surface area contributed by atoms with E-state index in [0.717, 1.165) is 0 Å². The van der Waals surface area contributed by atoms with Crippen molar-refractivity contribution in [2.45, 2.75) is 11.8 Å². The Kier molecular flexibility index (Phi) is 3.17. The molecule has 6 nitrogen and oxygen atoms in total. The third kappa shape index (κ3) is 2.67. The molecule has 2 rings (SSSR count). The molecule has 0 aromatic heterocycles. The summed E-state index contributed by atoms with van der Waals surface area (Å²) < 4.78 is 36.1. The van der Waals surface area contributed by atoms with Gasteiger partial charge in [-0.15, -0.1) is 0 Å². The lowest BCUT2D eigenvalue weighted by atomic mass is 10.1. The first-order chi connectivity index (χ1) is 8.79. The fourth-order valence-electron chi connectivity index (χ4n) is 1.71. The Hall–Kier alpha value is -2.12. The number of rotatable bonds is 2. The summed E-state index contributed by atoms with van der Waals surface area (Å²) in [4.78, 5) is 10.6. The Balaban J connectivity index is 2.69. The number of esters is 1. The first-order valence-electron chi connectivity index (χ1n) is 5.27. The van der Waals surface area contributed by atoms with Crippen molar-refractivity contribution in [3.05, 3.63) is 30.3 Å². The Morgan fingerprint density at radius 3 is 2.47 bits per heavy atom. The molecule has 2 aromatic carbocycles. The third-order valence-corrected chi connectivity index (χ3v) is 3.40. The predicted molar refractivity (Wildman–Crippen MR) is 69.5 cm³/mol. The molecule has 0 aliphatic rings. The van der Waals surface area contributed by atoms with E-state index < -0.39 is 16.1 Å². The van der Waals surface area contributed by atoms with E-state index in [1.165, 1.54) is 31.2 Å². The molecule has 100 valence electrons. The summed E-state index contributed by atoms with van der Waals surface area (Å²) in [6.45, 7) is 1.23. The predicted octanol–water partition coefficient (Wildman–Crippen LogP) is 1.59. The van der Waals surface area contributed by atoms with E-state index in [-0.39, 0.29) is 16.3 Å². The number of fused-ring (bicyclic) bond motifs is 1. The number of anilines is 1. The van der Waals surface area contributed by atoms with Crippen molar-refractivity contribution in [1.29, 1.82) is 0 Å². The van der Waals surface area contributed by atoms with Crippen LogP contribution in [0.1, 0.15) is 6.92 Å². The van der Waals surface area contributed by atoms with Gasteiger partial charge in [-0.05, 0) is 23.6 Å². The number of carbonyl (C=O) groups excluding carboxylic acids is 1. The number of hydrogen-bond acceptors (Lipinski definition) is 5. The van der Waals surface area contributed by atoms with Gasteiger partial charge in [0.25, 0.3) is 10.1 Å². The molecule has 0 aliphatic heterocycles. The van der Waals surface area contributed by atoms with Crippen molar-refractivity contribution in [2.75, 3.05) is 5.73 Å². The lowest BCUT2D eigenvalue weighted by Crippen LogP contribution is -2.04. The van der Waals surface area contributed by atoms with E-state index in [9.17, 15) is 13.2 Å². The maximum atomic E-state index is 11.1. The SMILES string of the molecule is CC(=O)Oc1ccc2ccc(S(=O)(=O)O)cc2c1N. The molecule has 0 heterocycles. The van der Waals surface area contributed by atoms with Crippen LogP contribution in [0.3, 0.4) is 0 Å². The van der Waals surface area contributed by atoms with Gasteiger partial charge in [-0.3, -0.25) is 9.35 Å². The summed E-state index contributed by atoms with van der Waals surface area (Å²) in [6, 6.07) is 7.16. The molecule has 0 unspecified atom stereocenters. The number of nitrogen functional groups attached to an aromatic ring is 1. The van der Waals surface area contributed by atoms with Gasteiger partial charge in [0, 0.05) is 12.3 Å². The molecular formula is C12H11NO5S. The van der Waals surface area contributed by atoms with E-state index in [1.54, 1.807) is 6.07 Å². The van der Waals surface area contributed by atoms with Gasteiger partial charge in [0.05, 0.1) is 10.6 Å². The van der Waals surface area contributed by atoms with Crippen LogP contribution in [0.25, 0.3) is 10.8 Å². The van der Waals surface area contributed by atoms with E-state index in [0.29, 0.717) is 10.8 Å². The monoisotopic (exact) mass is 281 g/mol. The Bertz CT molecular complexity index is 767. The molecule has 3 N–H and O–H groups in total. The number of hydrogen-bond donors (Lipinski definition) is 2. The molecule has 0 fully saturated rings. The van der Waals surface area contributed by atoms with Crippen molar-refractivity contribution in [1.82, 2.24) is 0 Å². The normalized spacial score (nSPS) is 11.5. The summed E-state index contributed by atoms with van der Waals surface area (Å²) in [7, 11) is -4.31. The maximum absolute atomic E-state index is 11.1. The zero-order valence-corrected chi connectivity index (χ0v) is 10.8. The van der Waals surface area contributed by atoms with E-state index in [1.807, 2.05) is 0 Å². The quantitative estimate of drug-likeness (QED) is 0.375. The average molecular weight is 281 g/mol. The third-order valence-electron chi connectivity index (χ3n) is 2.55. The van der Waals surface area contributed by atoms with Gasteiger partial charge in [-0.25, -0.2) is 0 Å². The van der Waals surface area contributed by atoms with E-state index in [2.05, 4.69) is 0 Å². The van der Waals surface area contributed by atoms with Crippen LogP contribution in [0.2, 0.25) is 0 Å². The van der Waals surface area contributed by atoms with Crippen molar-refractivity contribution < 1.29 is 22.5 Å². The second-order valence-electron chi connectivity index (χ2n) is 3.93. The number of nitrogens with two attached hydrogens (primary N) is 1. The highest BCUT2D eigenvalue weighted by molar-refractivity contribution is 7.85. The topological polar surface area (TPSA) is 107 Å². The van der Waals surface area contributed by atoms with E-state index >= 15 is 0 Å². The van der Waals surface area contributed by atoms with Crippen LogP contribution in [0.4, 0.5) is 5.69 Å². The molecule has 0 saturated heterocycles. The van der Waals surface area contributed by atoms with Crippen LogP contribution < -0.4 is 10.5 Å². The van der Waals surface area contributed by atoms with Gasteiger partial charge in [0.1, 0.15) is 0 Å². The van der Waals surface area contributed by atoms with E-state index in [4.69, 9.17) is 15.0 Å². The molecule has 0 spiro atoms. The fourth-order valence-corrected chi connectivity index (χ4v) is 2.21. The van der Waals surface area contributed by atoms with Crippen LogP contribution in [-0.2, 0) is 14.9 Å². The largest absolute Gasteiger partial charge is 0.424 e. The van der Waals surface area contributed by atoms with Crippen molar-refractivity contribution >= 4 is 32.5 Å². The molecule has 7 heteroatoms. The fraction of sp³-hybridized carbons (Fsp3) is 0.0833. The second kappa shape index (κ2) is 4.52. The van der Waals surface area contributed by atoms with Crippen LogP contribution >= 0.6 is 0 Å². The molecule has 0 radical (unpaired) electrons. The number of ether oxygens (including phenoxy) is 1. The molecule has 0 aliphatic carbocycles. The van der Waals surface area contributed by atoms with Crippen LogP contribution in [-0.4, -0.2) is 18.9 Å². The lowest BCUT2D eigenvalue weighted by Gasteiger charge is -2.09. The number of carbonyl (C=O) groups is 1. The molecule has 0 bridgehead atoms. The molecular weight excluding hydrogens is 270 g/mol. The minimum atomic E-state index is -4.31. The highest BCUT2D eigenvalue weighted by Crippen LogP contribution is 2.32. The standard InChI is InChI=1S/C12H11NO5S/c1-7(14)18-11-5-3-8-2-4-9(19(15,16)17)6-10(8)12(11)13/h2-6H,13H2,1H3,(H,15,16,17). The zero-order valence-electron chi connectivity index (χ0n) is 9.95. The highest BCUT2D eigenvalue weighted by atomic mass is 32.2. The molecule has 0 amide bonds. The van der Waals surface area contributed by atoms with Crippen LogP contribution in [0.5, 0.6) is 5.75 Å². The summed E-state index contributed by atoms with van der Waals surface area (Å²) in [5.74, 6) is -0.385. The molecule has 19 heavy (non-hydrogen) atoms. The van der Waals surface area contributed by atoms with Gasteiger partial charge in [-0.1, -0.05) is 12.1 Å². The Labute approximate surface area is 109 Å². The van der Waals surface area contributed by atoms with Crippen molar-refractivity contribution in [2.24, 2.45) is 0 Å². The highest BCUT2D eigenvalue weighted by Gasteiger charge is 2.13. The van der Waals surface area contributed by atoms with Gasteiger partial charge >= 0.3 is 5.97 Å². The molecule has 0 atom stereocenters. The van der Waals surface area contributed by atoms with Gasteiger partial charge in [-0.2, -0.15) is 8.42 Å². The number of benzene rings is 2. The van der Waals surface area contributed by atoms with Gasteiger partial charge in [0.2, 0.25) is 0 Å². The Morgan fingerprint density at radius 2 is 1.89 bits per heavy atom. The first-order valence-corrected chi connectivity index (χ1v) is 6.71. The smallest absolute Gasteiger partial charge is 0.308 e. The van der Waals surface area contributed by atoms with Crippen molar-refractivity contribution in [3.8, 4) is 5.75 Å². The first kappa shape index (κ1) is 13.3. The van der Waals surface area contributed by atoms with Crippen LogP contribution in [0.15, 0.2) is 35.2 Å². The lowest BCUT2D eigenvalue weighted by molar-refractivity contribution is -0.131. The molecule has 2 aromatic rings.